The molecule has 0 aliphatic carbocycles. The summed E-state index contributed by atoms with van der Waals surface area (Å²) in [5, 5.41) is 0. The Labute approximate surface area is 145 Å². The van der Waals surface area contributed by atoms with E-state index >= 15 is 0 Å². The Morgan fingerprint density at radius 2 is 1.88 bits per heavy atom. The van der Waals surface area contributed by atoms with Crippen molar-refractivity contribution < 1.29 is 14.3 Å². The molecular weight excluding hydrogens is 302 g/mol. The smallest absolute Gasteiger partial charge is 0.330 e. The minimum atomic E-state index is -0.282. The molecule has 0 radical (unpaired) electrons. The fourth-order valence-electron chi connectivity index (χ4n) is 2.68. The van der Waals surface area contributed by atoms with E-state index in [4.69, 9.17) is 9.47 Å². The third-order valence-electron chi connectivity index (χ3n) is 4.16. The number of carbonyl (C=O) groups is 1. The van der Waals surface area contributed by atoms with Crippen molar-refractivity contribution in [2.24, 2.45) is 0 Å². The Bertz CT molecular complexity index is 504. The van der Waals surface area contributed by atoms with Gasteiger partial charge in [0.15, 0.2) is 0 Å². The Morgan fingerprint density at radius 3 is 2.58 bits per heavy atom. The third kappa shape index (κ3) is 7.18. The molecule has 24 heavy (non-hydrogen) atoms. The Balaban J connectivity index is 1.66. The van der Waals surface area contributed by atoms with E-state index in [2.05, 4.69) is 11.8 Å². The molecule has 4 nitrogen and oxygen atoms in total. The quantitative estimate of drug-likeness (QED) is 0.391. The average Bonchev–Trinajstić information content (AvgIpc) is 2.62. The number of benzene rings is 1. The lowest BCUT2D eigenvalue weighted by Crippen LogP contribution is -2.33. The zero-order valence-electron chi connectivity index (χ0n) is 14.7. The second-order valence-electron chi connectivity index (χ2n) is 6.17. The van der Waals surface area contributed by atoms with Gasteiger partial charge >= 0.3 is 5.97 Å². The van der Waals surface area contributed by atoms with Crippen molar-refractivity contribution in [1.29, 1.82) is 0 Å². The first kappa shape index (κ1) is 18.5. The molecule has 1 aliphatic heterocycles. The first-order valence-corrected chi connectivity index (χ1v) is 9.08. The highest BCUT2D eigenvalue weighted by Crippen LogP contribution is 2.14. The first-order chi connectivity index (χ1) is 11.8. The molecule has 2 rings (SSSR count). The van der Waals surface area contributed by atoms with Crippen molar-refractivity contribution in [3.63, 3.8) is 0 Å². The lowest BCUT2D eigenvalue weighted by atomic mass is 10.1. The van der Waals surface area contributed by atoms with Crippen molar-refractivity contribution >= 4 is 12.0 Å². The zero-order chi connectivity index (χ0) is 17.0. The molecule has 0 aromatic heterocycles. The molecule has 1 saturated heterocycles. The van der Waals surface area contributed by atoms with Crippen LogP contribution >= 0.6 is 0 Å². The van der Waals surface area contributed by atoms with Crippen LogP contribution in [0, 0.1) is 0 Å². The number of piperidine rings is 1. The number of unbranched alkanes of at least 4 members (excludes halogenated alkanes) is 1. The van der Waals surface area contributed by atoms with Gasteiger partial charge in [-0.3, -0.25) is 4.90 Å². The molecule has 1 aliphatic rings. The van der Waals surface area contributed by atoms with Gasteiger partial charge in [-0.05, 0) is 56.1 Å². The molecule has 0 unspecified atom stereocenters. The van der Waals surface area contributed by atoms with Gasteiger partial charge in [0.25, 0.3) is 0 Å². The Morgan fingerprint density at radius 1 is 1.12 bits per heavy atom. The molecule has 0 N–H and O–H groups in total. The fourth-order valence-corrected chi connectivity index (χ4v) is 2.68. The van der Waals surface area contributed by atoms with Crippen LogP contribution in [-0.2, 0) is 9.53 Å². The molecule has 0 saturated carbocycles. The van der Waals surface area contributed by atoms with Crippen LogP contribution in [0.4, 0.5) is 0 Å². The van der Waals surface area contributed by atoms with Crippen LogP contribution in [0.5, 0.6) is 5.75 Å². The summed E-state index contributed by atoms with van der Waals surface area (Å²) in [6, 6.07) is 7.74. The van der Waals surface area contributed by atoms with Crippen LogP contribution in [0.2, 0.25) is 0 Å². The van der Waals surface area contributed by atoms with E-state index in [0.717, 1.165) is 50.4 Å². The molecule has 1 fully saturated rings. The third-order valence-corrected chi connectivity index (χ3v) is 4.16. The minimum absolute atomic E-state index is 0.282. The van der Waals surface area contributed by atoms with E-state index in [-0.39, 0.29) is 5.97 Å². The SMILES string of the molecule is CCCCOc1ccc(/C=C/C(=O)OCCN2CCCCC2)cc1. The number of likely N-dealkylation sites (tertiary alicyclic amines) is 1. The number of nitrogens with zero attached hydrogens (tertiary/aromatic N) is 1. The Kier molecular flexibility index (Phi) is 8.39. The summed E-state index contributed by atoms with van der Waals surface area (Å²) in [6.07, 6.45) is 9.29. The summed E-state index contributed by atoms with van der Waals surface area (Å²) in [4.78, 5) is 14.1. The van der Waals surface area contributed by atoms with Crippen LogP contribution in [0.25, 0.3) is 6.08 Å². The van der Waals surface area contributed by atoms with Crippen molar-refractivity contribution in [3.05, 3.63) is 35.9 Å². The van der Waals surface area contributed by atoms with Gasteiger partial charge in [-0.2, -0.15) is 0 Å². The summed E-state index contributed by atoms with van der Waals surface area (Å²) in [5.41, 5.74) is 0.964. The summed E-state index contributed by atoms with van der Waals surface area (Å²) in [6.45, 7) is 6.44. The minimum Gasteiger partial charge on any atom is -0.494 e. The average molecular weight is 331 g/mol. The van der Waals surface area contributed by atoms with E-state index in [1.165, 1.54) is 25.3 Å². The van der Waals surface area contributed by atoms with Crippen molar-refractivity contribution in [2.75, 3.05) is 32.8 Å². The van der Waals surface area contributed by atoms with E-state index in [1.54, 1.807) is 6.08 Å². The molecule has 1 aromatic rings. The van der Waals surface area contributed by atoms with Crippen molar-refractivity contribution in [2.45, 2.75) is 39.0 Å². The van der Waals surface area contributed by atoms with Gasteiger partial charge in [0, 0.05) is 12.6 Å². The number of ether oxygens (including phenoxy) is 2. The number of hydrogen-bond donors (Lipinski definition) is 0. The lowest BCUT2D eigenvalue weighted by Gasteiger charge is -2.25. The van der Waals surface area contributed by atoms with E-state index in [9.17, 15) is 4.79 Å². The summed E-state index contributed by atoms with van der Waals surface area (Å²) in [5.74, 6) is 0.583. The van der Waals surface area contributed by atoms with Crippen LogP contribution < -0.4 is 4.74 Å². The molecular formula is C20H29NO3. The van der Waals surface area contributed by atoms with E-state index in [1.807, 2.05) is 24.3 Å². The predicted molar refractivity (Wildman–Crippen MR) is 97.1 cm³/mol. The van der Waals surface area contributed by atoms with Crippen LogP contribution in [0.3, 0.4) is 0 Å². The number of esters is 1. The van der Waals surface area contributed by atoms with Gasteiger partial charge in [-0.1, -0.05) is 31.9 Å². The monoisotopic (exact) mass is 331 g/mol. The van der Waals surface area contributed by atoms with Crippen LogP contribution in [0.15, 0.2) is 30.3 Å². The lowest BCUT2D eigenvalue weighted by molar-refractivity contribution is -0.138. The van der Waals surface area contributed by atoms with Gasteiger partial charge < -0.3 is 9.47 Å². The molecule has 132 valence electrons. The molecule has 0 amide bonds. The number of hydrogen-bond acceptors (Lipinski definition) is 4. The first-order valence-electron chi connectivity index (χ1n) is 9.08. The molecule has 0 atom stereocenters. The molecule has 1 heterocycles. The standard InChI is InChI=1S/C20H29NO3/c1-2-3-16-23-19-10-7-18(8-11-19)9-12-20(22)24-17-15-21-13-5-4-6-14-21/h7-12H,2-6,13-17H2,1H3/b12-9+. The number of rotatable bonds is 9. The highest BCUT2D eigenvalue weighted by molar-refractivity contribution is 5.87. The van der Waals surface area contributed by atoms with Crippen molar-refractivity contribution in [3.8, 4) is 5.75 Å². The van der Waals surface area contributed by atoms with Crippen LogP contribution in [-0.4, -0.2) is 43.7 Å². The summed E-state index contributed by atoms with van der Waals surface area (Å²) < 4.78 is 10.9. The normalized spacial score (nSPS) is 15.5. The fraction of sp³-hybridized carbons (Fsp3) is 0.550. The van der Waals surface area contributed by atoms with Gasteiger partial charge in [-0.15, -0.1) is 0 Å². The highest BCUT2D eigenvalue weighted by atomic mass is 16.5. The van der Waals surface area contributed by atoms with Gasteiger partial charge in [-0.25, -0.2) is 4.79 Å². The molecule has 0 bridgehead atoms. The Hall–Kier alpha value is -1.81. The highest BCUT2D eigenvalue weighted by Gasteiger charge is 2.09. The second-order valence-corrected chi connectivity index (χ2v) is 6.17. The van der Waals surface area contributed by atoms with Gasteiger partial charge in [0.2, 0.25) is 0 Å². The predicted octanol–water partition coefficient (Wildman–Crippen LogP) is 3.91. The summed E-state index contributed by atoms with van der Waals surface area (Å²) >= 11 is 0. The maximum Gasteiger partial charge on any atom is 0.330 e. The van der Waals surface area contributed by atoms with Crippen molar-refractivity contribution in [1.82, 2.24) is 4.90 Å². The van der Waals surface area contributed by atoms with E-state index in [0.29, 0.717) is 6.61 Å². The van der Waals surface area contributed by atoms with Gasteiger partial charge in [0.1, 0.15) is 12.4 Å². The van der Waals surface area contributed by atoms with E-state index < -0.39 is 0 Å². The largest absolute Gasteiger partial charge is 0.494 e. The maximum absolute atomic E-state index is 11.7. The maximum atomic E-state index is 11.7. The zero-order valence-corrected chi connectivity index (χ0v) is 14.7. The molecule has 1 aromatic carbocycles. The van der Waals surface area contributed by atoms with Gasteiger partial charge in [0.05, 0.1) is 6.61 Å². The number of carbonyl (C=O) groups excluding carboxylic acids is 1. The summed E-state index contributed by atoms with van der Waals surface area (Å²) in [7, 11) is 0. The topological polar surface area (TPSA) is 38.8 Å². The molecule has 4 heteroatoms. The molecule has 0 spiro atoms. The van der Waals surface area contributed by atoms with Crippen LogP contribution in [0.1, 0.15) is 44.6 Å². The second kappa shape index (κ2) is 10.9.